The fourth-order valence-electron chi connectivity index (χ4n) is 1.77. The molecule has 1 aliphatic carbocycles. The summed E-state index contributed by atoms with van der Waals surface area (Å²) in [5.41, 5.74) is 0.667. The van der Waals surface area contributed by atoms with E-state index in [2.05, 4.69) is 38.8 Å². The van der Waals surface area contributed by atoms with E-state index in [1.165, 1.54) is 29.9 Å². The molecule has 0 heterocycles. The van der Waals surface area contributed by atoms with E-state index >= 15 is 0 Å². The molecule has 0 spiro atoms. The van der Waals surface area contributed by atoms with Gasteiger partial charge in [-0.1, -0.05) is 29.5 Å². The maximum atomic E-state index is 2.89. The molecule has 3 atom stereocenters. The van der Waals surface area contributed by atoms with Crippen molar-refractivity contribution in [3.8, 4) is 0 Å². The maximum Gasteiger partial charge on any atom is 0.00239 e. The molecule has 60 valence electrons. The molecule has 0 N–H and O–H groups in total. The minimum Gasteiger partial charge on any atom is -0.137 e. The van der Waals surface area contributed by atoms with Crippen molar-refractivity contribution in [3.05, 3.63) is 0 Å². The molecule has 0 aromatic heterocycles. The van der Waals surface area contributed by atoms with Crippen molar-refractivity contribution in [2.45, 2.75) is 26.2 Å². The average Bonchev–Trinajstić information content (AvgIpc) is 2.33. The van der Waals surface area contributed by atoms with Gasteiger partial charge in [0, 0.05) is 4.43 Å². The minimum absolute atomic E-state index is 0.667. The van der Waals surface area contributed by atoms with Crippen molar-refractivity contribution in [3.63, 3.8) is 0 Å². The zero-order valence-electron chi connectivity index (χ0n) is 6.57. The summed E-state index contributed by atoms with van der Waals surface area (Å²) in [6.45, 7) is 2.42. The van der Waals surface area contributed by atoms with Crippen LogP contribution < -0.4 is 0 Å². The van der Waals surface area contributed by atoms with E-state index in [0.717, 1.165) is 5.92 Å². The molecule has 10 heavy (non-hydrogen) atoms. The molecule has 0 radical (unpaired) electrons. The lowest BCUT2D eigenvalue weighted by atomic mass is 9.90. The van der Waals surface area contributed by atoms with Gasteiger partial charge in [0.15, 0.2) is 0 Å². The van der Waals surface area contributed by atoms with Crippen LogP contribution in [0.25, 0.3) is 0 Å². The van der Waals surface area contributed by atoms with E-state index in [0.29, 0.717) is 5.41 Å². The Kier molecular flexibility index (Phi) is 3.43. The van der Waals surface area contributed by atoms with E-state index in [1.807, 2.05) is 0 Å². The van der Waals surface area contributed by atoms with Gasteiger partial charge in [-0.3, -0.25) is 0 Å². The third kappa shape index (κ3) is 2.07. The van der Waals surface area contributed by atoms with Crippen molar-refractivity contribution >= 4 is 31.8 Å². The Bertz CT molecular complexity index is 116. The fourth-order valence-corrected chi connectivity index (χ4v) is 2.89. The summed E-state index contributed by atoms with van der Waals surface area (Å²) in [6, 6.07) is 0. The standard InChI is InChI=1S/C8H16IP/c1-8(6-10)3-2-7(4-8)5-9/h7H,2-6,10H2,1H3. The van der Waals surface area contributed by atoms with Gasteiger partial charge >= 0.3 is 0 Å². The van der Waals surface area contributed by atoms with Gasteiger partial charge in [-0.15, -0.1) is 9.24 Å². The predicted octanol–water partition coefficient (Wildman–Crippen LogP) is 3.10. The first-order valence-electron chi connectivity index (χ1n) is 3.96. The Balaban J connectivity index is 2.41. The summed E-state index contributed by atoms with van der Waals surface area (Å²) in [5.74, 6) is 1.02. The lowest BCUT2D eigenvalue weighted by molar-refractivity contribution is 0.377. The molecule has 1 rings (SSSR count). The summed E-state index contributed by atoms with van der Waals surface area (Å²) >= 11 is 2.52. The van der Waals surface area contributed by atoms with Crippen LogP contribution in [0.2, 0.25) is 0 Å². The van der Waals surface area contributed by atoms with Gasteiger partial charge in [-0.25, -0.2) is 0 Å². The summed E-state index contributed by atoms with van der Waals surface area (Å²) in [6.07, 6.45) is 5.66. The summed E-state index contributed by atoms with van der Waals surface area (Å²) in [7, 11) is 2.89. The molecule has 0 aromatic rings. The Morgan fingerprint density at radius 2 is 2.40 bits per heavy atom. The van der Waals surface area contributed by atoms with Crippen molar-refractivity contribution < 1.29 is 0 Å². The second-order valence-electron chi connectivity index (χ2n) is 3.78. The van der Waals surface area contributed by atoms with Crippen LogP contribution in [0.5, 0.6) is 0 Å². The normalized spacial score (nSPS) is 40.5. The van der Waals surface area contributed by atoms with E-state index in [4.69, 9.17) is 0 Å². The summed E-state index contributed by atoms with van der Waals surface area (Å²) in [4.78, 5) is 0. The number of hydrogen-bond donors (Lipinski definition) is 0. The van der Waals surface area contributed by atoms with Gasteiger partial charge in [-0.2, -0.15) is 0 Å². The molecule has 1 aliphatic rings. The van der Waals surface area contributed by atoms with Crippen molar-refractivity contribution in [2.75, 3.05) is 10.6 Å². The van der Waals surface area contributed by atoms with Crippen LogP contribution in [-0.2, 0) is 0 Å². The molecule has 0 aliphatic heterocycles. The maximum absolute atomic E-state index is 2.89. The quantitative estimate of drug-likeness (QED) is 0.411. The molecule has 3 unspecified atom stereocenters. The SMILES string of the molecule is CC1(CP)CCC(CI)C1. The first-order valence-corrected chi connectivity index (χ1v) is 6.30. The fraction of sp³-hybridized carbons (Fsp3) is 1.00. The van der Waals surface area contributed by atoms with Gasteiger partial charge in [0.1, 0.15) is 0 Å². The number of rotatable bonds is 2. The Labute approximate surface area is 79.9 Å². The second kappa shape index (κ2) is 3.71. The third-order valence-electron chi connectivity index (χ3n) is 2.65. The van der Waals surface area contributed by atoms with Gasteiger partial charge in [0.25, 0.3) is 0 Å². The largest absolute Gasteiger partial charge is 0.137 e. The number of hydrogen-bond acceptors (Lipinski definition) is 0. The molecule has 0 bridgehead atoms. The smallest absolute Gasteiger partial charge is 0.00239 e. The second-order valence-corrected chi connectivity index (χ2v) is 5.07. The molecule has 0 amide bonds. The molecule has 0 nitrogen and oxygen atoms in total. The van der Waals surface area contributed by atoms with Gasteiger partial charge in [0.2, 0.25) is 0 Å². The summed E-state index contributed by atoms with van der Waals surface area (Å²) < 4.78 is 1.36. The van der Waals surface area contributed by atoms with Crippen LogP contribution in [0.1, 0.15) is 26.2 Å². The van der Waals surface area contributed by atoms with Crippen LogP contribution in [0.3, 0.4) is 0 Å². The Morgan fingerprint density at radius 3 is 2.70 bits per heavy atom. The Hall–Kier alpha value is 1.16. The van der Waals surface area contributed by atoms with Gasteiger partial charge < -0.3 is 0 Å². The number of alkyl halides is 1. The highest BCUT2D eigenvalue weighted by molar-refractivity contribution is 14.1. The molecular weight excluding hydrogens is 254 g/mol. The van der Waals surface area contributed by atoms with E-state index in [-0.39, 0.29) is 0 Å². The Morgan fingerprint density at radius 1 is 1.70 bits per heavy atom. The highest BCUT2D eigenvalue weighted by atomic mass is 127. The molecule has 0 saturated heterocycles. The van der Waals surface area contributed by atoms with Crippen LogP contribution in [0, 0.1) is 11.3 Å². The highest BCUT2D eigenvalue weighted by Gasteiger charge is 2.32. The van der Waals surface area contributed by atoms with Crippen LogP contribution >= 0.6 is 31.8 Å². The zero-order chi connectivity index (χ0) is 7.61. The first kappa shape index (κ1) is 9.25. The average molecular weight is 270 g/mol. The van der Waals surface area contributed by atoms with E-state index in [9.17, 15) is 0 Å². The molecule has 1 fully saturated rings. The first-order chi connectivity index (χ1) is 4.70. The molecular formula is C8H16IP. The van der Waals surface area contributed by atoms with Crippen LogP contribution in [0.15, 0.2) is 0 Å². The van der Waals surface area contributed by atoms with E-state index < -0.39 is 0 Å². The monoisotopic (exact) mass is 270 g/mol. The van der Waals surface area contributed by atoms with Gasteiger partial charge in [-0.05, 0) is 36.8 Å². The highest BCUT2D eigenvalue weighted by Crippen LogP contribution is 2.43. The minimum atomic E-state index is 0.667. The van der Waals surface area contributed by atoms with Crippen LogP contribution in [0.4, 0.5) is 0 Å². The summed E-state index contributed by atoms with van der Waals surface area (Å²) in [5, 5.41) is 0. The van der Waals surface area contributed by atoms with Crippen molar-refractivity contribution in [2.24, 2.45) is 11.3 Å². The molecule has 0 aromatic carbocycles. The van der Waals surface area contributed by atoms with Crippen molar-refractivity contribution in [1.29, 1.82) is 0 Å². The molecule has 2 heteroatoms. The van der Waals surface area contributed by atoms with Gasteiger partial charge in [0.05, 0.1) is 0 Å². The predicted molar refractivity (Wildman–Crippen MR) is 58.9 cm³/mol. The van der Waals surface area contributed by atoms with Crippen molar-refractivity contribution in [1.82, 2.24) is 0 Å². The lowest BCUT2D eigenvalue weighted by Gasteiger charge is -2.20. The third-order valence-corrected chi connectivity index (χ3v) is 4.88. The lowest BCUT2D eigenvalue weighted by Crippen LogP contribution is -2.13. The zero-order valence-corrected chi connectivity index (χ0v) is 9.88. The number of halogens is 1. The van der Waals surface area contributed by atoms with Crippen LogP contribution in [-0.4, -0.2) is 10.6 Å². The topological polar surface area (TPSA) is 0 Å². The molecule has 1 saturated carbocycles. The van der Waals surface area contributed by atoms with E-state index in [1.54, 1.807) is 0 Å².